The van der Waals surface area contributed by atoms with Gasteiger partial charge in [0.1, 0.15) is 0 Å². The van der Waals surface area contributed by atoms with E-state index in [1.165, 1.54) is 10.6 Å². The van der Waals surface area contributed by atoms with Gasteiger partial charge in [-0.1, -0.05) is 84.4 Å². The van der Waals surface area contributed by atoms with E-state index in [4.69, 9.17) is 6.57 Å². The fraction of sp³-hybridized carbons (Fsp3) is 0.0500. The van der Waals surface area contributed by atoms with Gasteiger partial charge in [-0.15, -0.1) is 0 Å². The van der Waals surface area contributed by atoms with Crippen molar-refractivity contribution >= 4 is 29.5 Å². The van der Waals surface area contributed by atoms with Crippen molar-refractivity contribution in [2.45, 2.75) is 6.92 Å². The third-order valence-corrected chi connectivity index (χ3v) is 6.01. The van der Waals surface area contributed by atoms with Crippen LogP contribution >= 0.6 is 7.92 Å². The Morgan fingerprint density at radius 2 is 1.32 bits per heavy atom. The number of benzene rings is 3. The second-order valence-corrected chi connectivity index (χ2v) is 7.30. The SMILES string of the molecule is [C-]#[N+]c1cc(C)ccc1P(c1ccccc1)c1ccccc1. The standard InChI is InChI=1S/C20H16NP/c1-16-13-14-20(19(15-16)21-2)22(17-9-5-3-6-10-17)18-11-7-4-8-12-18/h3-15H,1H3. The molecule has 0 spiro atoms. The van der Waals surface area contributed by atoms with Crippen LogP contribution in [0.2, 0.25) is 0 Å². The molecular weight excluding hydrogens is 285 g/mol. The lowest BCUT2D eigenvalue weighted by Crippen LogP contribution is -2.20. The van der Waals surface area contributed by atoms with E-state index in [-0.39, 0.29) is 0 Å². The van der Waals surface area contributed by atoms with Gasteiger partial charge >= 0.3 is 0 Å². The van der Waals surface area contributed by atoms with Crippen molar-refractivity contribution in [2.75, 3.05) is 0 Å². The van der Waals surface area contributed by atoms with Crippen LogP contribution in [0.4, 0.5) is 5.69 Å². The molecule has 0 aliphatic rings. The van der Waals surface area contributed by atoms with Gasteiger partial charge < -0.3 is 0 Å². The highest BCUT2D eigenvalue weighted by molar-refractivity contribution is 7.80. The van der Waals surface area contributed by atoms with Crippen molar-refractivity contribution in [1.82, 2.24) is 0 Å². The second kappa shape index (κ2) is 6.56. The van der Waals surface area contributed by atoms with Gasteiger partial charge in [-0.3, -0.25) is 0 Å². The average molecular weight is 301 g/mol. The van der Waals surface area contributed by atoms with Gasteiger partial charge in [0.25, 0.3) is 0 Å². The van der Waals surface area contributed by atoms with E-state index >= 15 is 0 Å². The zero-order valence-electron chi connectivity index (χ0n) is 12.4. The molecule has 0 bridgehead atoms. The van der Waals surface area contributed by atoms with Crippen LogP contribution in [-0.2, 0) is 0 Å². The Labute approximate surface area is 132 Å². The molecule has 0 aromatic heterocycles. The van der Waals surface area contributed by atoms with Gasteiger partial charge in [-0.05, 0) is 30.8 Å². The first-order chi connectivity index (χ1) is 10.8. The van der Waals surface area contributed by atoms with Crippen molar-refractivity contribution in [1.29, 1.82) is 0 Å². The molecular formula is C20H16NP. The van der Waals surface area contributed by atoms with E-state index < -0.39 is 7.92 Å². The van der Waals surface area contributed by atoms with Crippen molar-refractivity contribution < 1.29 is 0 Å². The van der Waals surface area contributed by atoms with Crippen LogP contribution in [0.1, 0.15) is 5.56 Å². The molecule has 0 aliphatic carbocycles. The topological polar surface area (TPSA) is 4.36 Å². The van der Waals surface area contributed by atoms with Gasteiger partial charge in [0.15, 0.2) is 5.69 Å². The molecule has 3 aromatic rings. The molecule has 0 atom stereocenters. The molecule has 0 fully saturated rings. The van der Waals surface area contributed by atoms with Crippen LogP contribution in [0.15, 0.2) is 78.9 Å². The molecule has 2 heteroatoms. The minimum atomic E-state index is -0.699. The minimum Gasteiger partial charge on any atom is -0.237 e. The van der Waals surface area contributed by atoms with Crippen LogP contribution < -0.4 is 15.9 Å². The van der Waals surface area contributed by atoms with Gasteiger partial charge in [0, 0.05) is 0 Å². The van der Waals surface area contributed by atoms with Gasteiger partial charge in [-0.25, -0.2) is 4.85 Å². The molecule has 22 heavy (non-hydrogen) atoms. The maximum atomic E-state index is 7.53. The van der Waals surface area contributed by atoms with E-state index in [9.17, 15) is 0 Å². The van der Waals surface area contributed by atoms with Crippen LogP contribution in [0.25, 0.3) is 4.85 Å². The first-order valence-electron chi connectivity index (χ1n) is 7.18. The minimum absolute atomic E-state index is 0.699. The van der Waals surface area contributed by atoms with E-state index in [2.05, 4.69) is 65.5 Å². The van der Waals surface area contributed by atoms with Gasteiger partial charge in [-0.2, -0.15) is 0 Å². The predicted molar refractivity (Wildman–Crippen MR) is 96.1 cm³/mol. The zero-order valence-corrected chi connectivity index (χ0v) is 13.3. The Bertz CT molecular complexity index is 765. The fourth-order valence-electron chi connectivity index (χ4n) is 2.49. The summed E-state index contributed by atoms with van der Waals surface area (Å²) in [5.74, 6) is 0. The van der Waals surface area contributed by atoms with Crippen LogP contribution in [-0.4, -0.2) is 0 Å². The van der Waals surface area contributed by atoms with E-state index in [1.807, 2.05) is 25.1 Å². The number of hydrogen-bond acceptors (Lipinski definition) is 0. The van der Waals surface area contributed by atoms with Crippen LogP contribution in [0.5, 0.6) is 0 Å². The summed E-state index contributed by atoms with van der Waals surface area (Å²) in [6.45, 7) is 9.57. The number of aryl methyl sites for hydroxylation is 1. The lowest BCUT2D eigenvalue weighted by Gasteiger charge is -2.21. The summed E-state index contributed by atoms with van der Waals surface area (Å²) in [5.41, 5.74) is 1.89. The Kier molecular flexibility index (Phi) is 4.33. The summed E-state index contributed by atoms with van der Waals surface area (Å²) in [5, 5.41) is 3.68. The molecule has 1 nitrogen and oxygen atoms in total. The van der Waals surface area contributed by atoms with Crippen molar-refractivity contribution in [2.24, 2.45) is 0 Å². The Morgan fingerprint density at radius 1 is 0.773 bits per heavy atom. The average Bonchev–Trinajstić information content (AvgIpc) is 2.58. The lowest BCUT2D eigenvalue weighted by molar-refractivity contribution is 1.50. The summed E-state index contributed by atoms with van der Waals surface area (Å²) in [7, 11) is -0.699. The summed E-state index contributed by atoms with van der Waals surface area (Å²) < 4.78 is 0. The van der Waals surface area contributed by atoms with E-state index in [1.54, 1.807) is 0 Å². The molecule has 0 radical (unpaired) electrons. The molecule has 0 N–H and O–H groups in total. The molecule has 3 aromatic carbocycles. The van der Waals surface area contributed by atoms with Crippen molar-refractivity contribution in [3.05, 3.63) is 95.8 Å². The van der Waals surface area contributed by atoms with Crippen LogP contribution in [0, 0.1) is 13.5 Å². The molecule has 106 valence electrons. The predicted octanol–water partition coefficient (Wildman–Crippen LogP) is 4.30. The maximum absolute atomic E-state index is 7.53. The molecule has 0 aliphatic heterocycles. The normalized spacial score (nSPS) is 10.4. The van der Waals surface area contributed by atoms with Crippen LogP contribution in [0.3, 0.4) is 0 Å². The third kappa shape index (κ3) is 2.93. The second-order valence-electron chi connectivity index (χ2n) is 5.11. The highest BCUT2D eigenvalue weighted by atomic mass is 31.1. The summed E-state index contributed by atoms with van der Waals surface area (Å²) in [6.07, 6.45) is 0. The summed E-state index contributed by atoms with van der Waals surface area (Å²) >= 11 is 0. The molecule has 0 heterocycles. The molecule has 0 saturated heterocycles. The highest BCUT2D eigenvalue weighted by Gasteiger charge is 2.19. The Morgan fingerprint density at radius 3 is 1.82 bits per heavy atom. The van der Waals surface area contributed by atoms with E-state index in [0.717, 1.165) is 16.6 Å². The maximum Gasteiger partial charge on any atom is 0.195 e. The number of nitrogens with zero attached hydrogens (tertiary/aromatic N) is 1. The third-order valence-electron chi connectivity index (χ3n) is 3.52. The molecule has 0 unspecified atom stereocenters. The highest BCUT2D eigenvalue weighted by Crippen LogP contribution is 2.36. The van der Waals surface area contributed by atoms with Crippen molar-refractivity contribution in [3.8, 4) is 0 Å². The van der Waals surface area contributed by atoms with Gasteiger partial charge in [0.05, 0.1) is 6.57 Å². The monoisotopic (exact) mass is 301 g/mol. The summed E-state index contributed by atoms with van der Waals surface area (Å²) in [6, 6.07) is 27.2. The molecule has 3 rings (SSSR count). The quantitative estimate of drug-likeness (QED) is 0.502. The fourth-order valence-corrected chi connectivity index (χ4v) is 4.86. The first-order valence-corrected chi connectivity index (χ1v) is 8.52. The van der Waals surface area contributed by atoms with Gasteiger partial charge in [0.2, 0.25) is 0 Å². The zero-order chi connectivity index (χ0) is 15.4. The molecule has 0 amide bonds. The van der Waals surface area contributed by atoms with Crippen molar-refractivity contribution in [3.63, 3.8) is 0 Å². The number of rotatable bonds is 3. The van der Waals surface area contributed by atoms with E-state index in [0.29, 0.717) is 0 Å². The Balaban J connectivity index is 2.21. The molecule has 0 saturated carbocycles. The number of hydrogen-bond donors (Lipinski definition) is 0. The first kappa shape index (κ1) is 14.5. The lowest BCUT2D eigenvalue weighted by atomic mass is 10.2. The smallest absolute Gasteiger partial charge is 0.195 e. The summed E-state index contributed by atoms with van der Waals surface area (Å²) in [4.78, 5) is 3.77. The Hall–Kier alpha value is -2.42. The largest absolute Gasteiger partial charge is 0.237 e.